The van der Waals surface area contributed by atoms with Crippen LogP contribution < -0.4 is 5.73 Å². The maximum Gasteiger partial charge on any atom is 0.0461 e. The molecule has 0 atom stereocenters. The Hall–Kier alpha value is 0.110. The summed E-state index contributed by atoms with van der Waals surface area (Å²) in [5, 5.41) is 1.41. The summed E-state index contributed by atoms with van der Waals surface area (Å²) in [4.78, 5) is 0. The van der Waals surface area contributed by atoms with E-state index in [1.54, 1.807) is 17.8 Å². The Bertz CT molecular complexity index is 278. The van der Waals surface area contributed by atoms with Gasteiger partial charge in [-0.2, -0.15) is 11.8 Å². The number of hydrogen-bond acceptors (Lipinski definition) is 2. The third-order valence-electron chi connectivity index (χ3n) is 1.53. The largest absolute Gasteiger partial charge is 0.330 e. The SMILES string of the molecule is NCCSCc1ccc(Cl)cc1Cl. The summed E-state index contributed by atoms with van der Waals surface area (Å²) in [7, 11) is 0. The summed E-state index contributed by atoms with van der Waals surface area (Å²) in [6.45, 7) is 0.704. The first-order valence-electron chi connectivity index (χ1n) is 3.96. The molecule has 0 fully saturated rings. The summed E-state index contributed by atoms with van der Waals surface area (Å²) < 4.78 is 0. The number of rotatable bonds is 4. The fraction of sp³-hybridized carbons (Fsp3) is 0.333. The predicted octanol–water partition coefficient (Wildman–Crippen LogP) is 3.19. The van der Waals surface area contributed by atoms with Gasteiger partial charge in [-0.3, -0.25) is 0 Å². The van der Waals surface area contributed by atoms with Gasteiger partial charge >= 0.3 is 0 Å². The molecule has 0 saturated carbocycles. The van der Waals surface area contributed by atoms with Crippen molar-refractivity contribution in [2.45, 2.75) is 5.75 Å². The third kappa shape index (κ3) is 3.77. The van der Waals surface area contributed by atoms with Crippen molar-refractivity contribution in [3.05, 3.63) is 33.8 Å². The van der Waals surface area contributed by atoms with E-state index in [4.69, 9.17) is 28.9 Å². The maximum absolute atomic E-state index is 5.98. The number of hydrogen-bond donors (Lipinski definition) is 1. The molecule has 0 radical (unpaired) electrons. The number of benzene rings is 1. The highest BCUT2D eigenvalue weighted by molar-refractivity contribution is 7.98. The Morgan fingerprint density at radius 2 is 2.08 bits per heavy atom. The van der Waals surface area contributed by atoms with Gasteiger partial charge in [0.1, 0.15) is 0 Å². The first-order chi connectivity index (χ1) is 6.24. The number of nitrogens with two attached hydrogens (primary N) is 1. The van der Waals surface area contributed by atoms with E-state index in [1.807, 2.05) is 12.1 Å². The highest BCUT2D eigenvalue weighted by Gasteiger charge is 2.00. The first-order valence-corrected chi connectivity index (χ1v) is 5.87. The van der Waals surface area contributed by atoms with Gasteiger partial charge in [0.05, 0.1) is 0 Å². The maximum atomic E-state index is 5.98. The molecule has 2 N–H and O–H groups in total. The molecule has 4 heteroatoms. The van der Waals surface area contributed by atoms with E-state index >= 15 is 0 Å². The van der Waals surface area contributed by atoms with E-state index in [0.717, 1.165) is 22.1 Å². The van der Waals surface area contributed by atoms with Crippen molar-refractivity contribution >= 4 is 35.0 Å². The number of halogens is 2. The Balaban J connectivity index is 2.56. The Labute approximate surface area is 92.6 Å². The summed E-state index contributed by atoms with van der Waals surface area (Å²) in [5.41, 5.74) is 6.50. The minimum absolute atomic E-state index is 0.678. The normalized spacial score (nSPS) is 10.4. The Morgan fingerprint density at radius 3 is 2.69 bits per heavy atom. The van der Waals surface area contributed by atoms with E-state index in [0.29, 0.717) is 11.6 Å². The minimum atomic E-state index is 0.678. The topological polar surface area (TPSA) is 26.0 Å². The van der Waals surface area contributed by atoms with Gasteiger partial charge in [0.25, 0.3) is 0 Å². The van der Waals surface area contributed by atoms with E-state index < -0.39 is 0 Å². The predicted molar refractivity (Wildman–Crippen MR) is 61.7 cm³/mol. The fourth-order valence-electron chi connectivity index (χ4n) is 0.904. The lowest BCUT2D eigenvalue weighted by molar-refractivity contribution is 1.15. The second-order valence-electron chi connectivity index (χ2n) is 2.58. The molecular weight excluding hydrogens is 225 g/mol. The van der Waals surface area contributed by atoms with Crippen molar-refractivity contribution in [3.8, 4) is 0 Å². The molecule has 1 nitrogen and oxygen atoms in total. The van der Waals surface area contributed by atoms with Crippen molar-refractivity contribution in [2.75, 3.05) is 12.3 Å². The summed E-state index contributed by atoms with van der Waals surface area (Å²) in [6, 6.07) is 5.57. The zero-order valence-corrected chi connectivity index (χ0v) is 9.42. The van der Waals surface area contributed by atoms with Crippen LogP contribution in [0, 0.1) is 0 Å². The molecule has 0 aliphatic carbocycles. The van der Waals surface area contributed by atoms with Gasteiger partial charge in [-0.25, -0.2) is 0 Å². The van der Waals surface area contributed by atoms with Crippen molar-refractivity contribution < 1.29 is 0 Å². The number of thioether (sulfide) groups is 1. The minimum Gasteiger partial charge on any atom is -0.330 e. The first kappa shape index (κ1) is 11.2. The van der Waals surface area contributed by atoms with Gasteiger partial charge in [-0.15, -0.1) is 0 Å². The van der Waals surface area contributed by atoms with Crippen LogP contribution in [0.5, 0.6) is 0 Å². The van der Waals surface area contributed by atoms with Crippen molar-refractivity contribution in [1.29, 1.82) is 0 Å². The molecule has 0 aliphatic heterocycles. The zero-order valence-electron chi connectivity index (χ0n) is 7.09. The lowest BCUT2D eigenvalue weighted by Gasteiger charge is -2.03. The van der Waals surface area contributed by atoms with Gasteiger partial charge in [0.15, 0.2) is 0 Å². The molecule has 0 saturated heterocycles. The molecule has 0 bridgehead atoms. The second kappa shape index (κ2) is 5.76. The Morgan fingerprint density at radius 1 is 1.31 bits per heavy atom. The molecular formula is C9H11Cl2NS. The highest BCUT2D eigenvalue weighted by Crippen LogP contribution is 2.24. The van der Waals surface area contributed by atoms with Crippen LogP contribution in [0.1, 0.15) is 5.56 Å². The third-order valence-corrected chi connectivity index (χ3v) is 3.16. The zero-order chi connectivity index (χ0) is 9.68. The second-order valence-corrected chi connectivity index (χ2v) is 4.53. The van der Waals surface area contributed by atoms with E-state index in [9.17, 15) is 0 Å². The van der Waals surface area contributed by atoms with Crippen LogP contribution in [-0.4, -0.2) is 12.3 Å². The lowest BCUT2D eigenvalue weighted by atomic mass is 10.2. The average Bonchev–Trinajstić information content (AvgIpc) is 2.09. The van der Waals surface area contributed by atoms with Gasteiger partial charge in [-0.05, 0) is 17.7 Å². The van der Waals surface area contributed by atoms with Gasteiger partial charge in [0, 0.05) is 28.1 Å². The highest BCUT2D eigenvalue weighted by atomic mass is 35.5. The van der Waals surface area contributed by atoms with Crippen LogP contribution in [0.4, 0.5) is 0 Å². The smallest absolute Gasteiger partial charge is 0.0461 e. The van der Waals surface area contributed by atoms with Crippen LogP contribution in [0.25, 0.3) is 0 Å². The molecule has 1 aromatic carbocycles. The van der Waals surface area contributed by atoms with Crippen molar-refractivity contribution in [3.63, 3.8) is 0 Å². The van der Waals surface area contributed by atoms with Crippen LogP contribution in [0.15, 0.2) is 18.2 Å². The summed E-state index contributed by atoms with van der Waals surface area (Å²) >= 11 is 13.5. The molecule has 1 rings (SSSR count). The van der Waals surface area contributed by atoms with E-state index in [1.165, 1.54) is 0 Å². The lowest BCUT2D eigenvalue weighted by Crippen LogP contribution is -2.01. The summed E-state index contributed by atoms with van der Waals surface area (Å²) in [6.07, 6.45) is 0. The summed E-state index contributed by atoms with van der Waals surface area (Å²) in [5.74, 6) is 1.85. The van der Waals surface area contributed by atoms with Gasteiger partial charge in [0.2, 0.25) is 0 Å². The van der Waals surface area contributed by atoms with Gasteiger partial charge in [-0.1, -0.05) is 29.3 Å². The molecule has 0 unspecified atom stereocenters. The molecule has 0 amide bonds. The van der Waals surface area contributed by atoms with Crippen LogP contribution >= 0.6 is 35.0 Å². The Kier molecular flexibility index (Phi) is 4.96. The van der Waals surface area contributed by atoms with E-state index in [2.05, 4.69) is 0 Å². The fourth-order valence-corrected chi connectivity index (χ4v) is 2.24. The molecule has 0 spiro atoms. The molecule has 0 aromatic heterocycles. The average molecular weight is 236 g/mol. The van der Waals surface area contributed by atoms with Gasteiger partial charge < -0.3 is 5.73 Å². The van der Waals surface area contributed by atoms with Crippen molar-refractivity contribution in [1.82, 2.24) is 0 Å². The standard InChI is InChI=1S/C9H11Cl2NS/c10-8-2-1-7(9(11)5-8)6-13-4-3-12/h1-2,5H,3-4,6,12H2. The molecule has 0 heterocycles. The molecule has 13 heavy (non-hydrogen) atoms. The van der Waals surface area contributed by atoms with Crippen LogP contribution in [0.2, 0.25) is 10.0 Å². The molecule has 0 aliphatic rings. The molecule has 1 aromatic rings. The quantitative estimate of drug-likeness (QED) is 0.812. The van der Waals surface area contributed by atoms with Crippen LogP contribution in [0.3, 0.4) is 0 Å². The van der Waals surface area contributed by atoms with E-state index in [-0.39, 0.29) is 0 Å². The van der Waals surface area contributed by atoms with Crippen molar-refractivity contribution in [2.24, 2.45) is 5.73 Å². The monoisotopic (exact) mass is 235 g/mol. The molecule has 72 valence electrons. The van der Waals surface area contributed by atoms with Crippen LogP contribution in [-0.2, 0) is 5.75 Å².